The van der Waals surface area contributed by atoms with Crippen LogP contribution in [-0.2, 0) is 11.4 Å². The van der Waals surface area contributed by atoms with Gasteiger partial charge in [0.2, 0.25) is 0 Å². The number of rotatable bonds is 5. The summed E-state index contributed by atoms with van der Waals surface area (Å²) in [6.07, 6.45) is 0. The molecule has 0 radical (unpaired) electrons. The zero-order chi connectivity index (χ0) is 14.5. The van der Waals surface area contributed by atoms with Crippen LogP contribution in [0.1, 0.15) is 22.7 Å². The van der Waals surface area contributed by atoms with Gasteiger partial charge in [-0.1, -0.05) is 36.4 Å². The average Bonchev–Trinajstić information content (AvgIpc) is 2.45. The lowest BCUT2D eigenvalue weighted by atomic mass is 10.0. The second-order valence-corrected chi connectivity index (χ2v) is 4.61. The molecule has 2 rings (SSSR count). The molecule has 0 unspecified atom stereocenters. The molecule has 0 aliphatic carbocycles. The van der Waals surface area contributed by atoms with Crippen LogP contribution in [0.25, 0.3) is 0 Å². The quantitative estimate of drug-likeness (QED) is 0.877. The van der Waals surface area contributed by atoms with E-state index in [-0.39, 0.29) is 0 Å². The van der Waals surface area contributed by atoms with Crippen molar-refractivity contribution < 1.29 is 14.6 Å². The van der Waals surface area contributed by atoms with E-state index < -0.39 is 12.0 Å². The van der Waals surface area contributed by atoms with Crippen LogP contribution in [0, 0.1) is 6.92 Å². The molecule has 0 aliphatic heterocycles. The Morgan fingerprint density at radius 3 is 2.55 bits per heavy atom. The third-order valence-corrected chi connectivity index (χ3v) is 3.09. The number of nitrogens with two attached hydrogens (primary N) is 1. The zero-order valence-electron chi connectivity index (χ0n) is 11.2. The Morgan fingerprint density at radius 1 is 1.25 bits per heavy atom. The van der Waals surface area contributed by atoms with Crippen LogP contribution in [0.3, 0.4) is 0 Å². The number of aliphatic carboxylic acids is 1. The van der Waals surface area contributed by atoms with Crippen molar-refractivity contribution in [1.82, 2.24) is 0 Å². The van der Waals surface area contributed by atoms with Gasteiger partial charge in [-0.2, -0.15) is 0 Å². The number of benzene rings is 2. The maximum absolute atomic E-state index is 10.9. The van der Waals surface area contributed by atoms with E-state index in [0.29, 0.717) is 17.9 Å². The molecule has 4 nitrogen and oxygen atoms in total. The molecular formula is C16H17NO3. The first-order chi connectivity index (χ1) is 9.58. The number of hydrogen-bond donors (Lipinski definition) is 2. The fourth-order valence-corrected chi connectivity index (χ4v) is 1.96. The Kier molecular flexibility index (Phi) is 4.38. The van der Waals surface area contributed by atoms with Gasteiger partial charge in [0.15, 0.2) is 0 Å². The summed E-state index contributed by atoms with van der Waals surface area (Å²) >= 11 is 0. The Hall–Kier alpha value is -2.33. The van der Waals surface area contributed by atoms with Gasteiger partial charge in [-0.25, -0.2) is 0 Å². The molecule has 0 amide bonds. The summed E-state index contributed by atoms with van der Waals surface area (Å²) in [5.74, 6) is -0.334. The van der Waals surface area contributed by atoms with Crippen LogP contribution >= 0.6 is 0 Å². The molecule has 0 saturated heterocycles. The molecule has 0 bridgehead atoms. The summed E-state index contributed by atoms with van der Waals surface area (Å²) in [5, 5.41) is 8.92. The van der Waals surface area contributed by atoms with E-state index in [1.165, 1.54) is 0 Å². The number of carboxylic acids is 1. The lowest BCUT2D eigenvalue weighted by Crippen LogP contribution is -2.21. The fraction of sp³-hybridized carbons (Fsp3) is 0.188. The minimum atomic E-state index is -1.04. The molecule has 3 N–H and O–H groups in total. The van der Waals surface area contributed by atoms with Crippen LogP contribution in [0.5, 0.6) is 5.75 Å². The second-order valence-electron chi connectivity index (χ2n) is 4.61. The van der Waals surface area contributed by atoms with Gasteiger partial charge in [-0.15, -0.1) is 0 Å². The number of aryl methyl sites for hydroxylation is 1. The van der Waals surface area contributed by atoms with E-state index >= 15 is 0 Å². The third kappa shape index (κ3) is 3.36. The minimum absolute atomic E-state index is 0.477. The normalized spacial score (nSPS) is 11.9. The molecule has 0 saturated carbocycles. The molecule has 2 aromatic carbocycles. The van der Waals surface area contributed by atoms with Crippen molar-refractivity contribution in [2.75, 3.05) is 0 Å². The highest BCUT2D eigenvalue weighted by Gasteiger charge is 2.16. The third-order valence-electron chi connectivity index (χ3n) is 3.09. The Labute approximate surface area is 117 Å². The van der Waals surface area contributed by atoms with Gasteiger partial charge in [0.05, 0.1) is 0 Å². The Bertz CT molecular complexity index is 596. The molecule has 1 atom stereocenters. The van der Waals surface area contributed by atoms with Crippen molar-refractivity contribution in [3.63, 3.8) is 0 Å². The van der Waals surface area contributed by atoms with Gasteiger partial charge in [0, 0.05) is 0 Å². The molecule has 0 heterocycles. The zero-order valence-corrected chi connectivity index (χ0v) is 11.2. The standard InChI is InChI=1S/C16H17NO3/c1-11-9-13(7-8-14(11)15(17)16(18)19)20-10-12-5-3-2-4-6-12/h2-9,15H,10,17H2,1H3,(H,18,19)/t15-/m0/s1. The fourth-order valence-electron chi connectivity index (χ4n) is 1.96. The van der Waals surface area contributed by atoms with Crippen molar-refractivity contribution in [3.8, 4) is 5.75 Å². The summed E-state index contributed by atoms with van der Waals surface area (Å²) < 4.78 is 5.68. The SMILES string of the molecule is Cc1cc(OCc2ccccc2)ccc1[C@H](N)C(=O)O. The first-order valence-corrected chi connectivity index (χ1v) is 6.33. The summed E-state index contributed by atoms with van der Waals surface area (Å²) in [4.78, 5) is 10.9. The van der Waals surface area contributed by atoms with Crippen LogP contribution in [0.15, 0.2) is 48.5 Å². The predicted molar refractivity (Wildman–Crippen MR) is 76.5 cm³/mol. The molecule has 104 valence electrons. The van der Waals surface area contributed by atoms with E-state index in [1.54, 1.807) is 18.2 Å². The van der Waals surface area contributed by atoms with E-state index in [9.17, 15) is 4.79 Å². The number of hydrogen-bond acceptors (Lipinski definition) is 3. The van der Waals surface area contributed by atoms with Crippen molar-refractivity contribution in [1.29, 1.82) is 0 Å². The van der Waals surface area contributed by atoms with Gasteiger partial charge in [-0.05, 0) is 35.7 Å². The molecular weight excluding hydrogens is 254 g/mol. The predicted octanol–water partition coefficient (Wildman–Crippen LogP) is 2.66. The van der Waals surface area contributed by atoms with Gasteiger partial charge in [0.1, 0.15) is 18.4 Å². The maximum atomic E-state index is 10.9. The minimum Gasteiger partial charge on any atom is -0.489 e. The highest BCUT2D eigenvalue weighted by Crippen LogP contribution is 2.22. The van der Waals surface area contributed by atoms with E-state index in [4.69, 9.17) is 15.6 Å². The Morgan fingerprint density at radius 2 is 1.95 bits per heavy atom. The summed E-state index contributed by atoms with van der Waals surface area (Å²) in [6.45, 7) is 2.30. The average molecular weight is 271 g/mol. The van der Waals surface area contributed by atoms with Crippen LogP contribution in [-0.4, -0.2) is 11.1 Å². The maximum Gasteiger partial charge on any atom is 0.325 e. The van der Waals surface area contributed by atoms with Crippen molar-refractivity contribution in [3.05, 3.63) is 65.2 Å². The highest BCUT2D eigenvalue weighted by atomic mass is 16.5. The molecule has 2 aromatic rings. The summed E-state index contributed by atoms with van der Waals surface area (Å²) in [5.41, 5.74) is 8.11. The molecule has 0 aliphatic rings. The molecule has 4 heteroatoms. The van der Waals surface area contributed by atoms with Crippen LogP contribution < -0.4 is 10.5 Å². The molecule has 0 aromatic heterocycles. The van der Waals surface area contributed by atoms with E-state index in [0.717, 1.165) is 11.1 Å². The van der Waals surface area contributed by atoms with Gasteiger partial charge in [0.25, 0.3) is 0 Å². The smallest absolute Gasteiger partial charge is 0.325 e. The van der Waals surface area contributed by atoms with Gasteiger partial charge >= 0.3 is 5.97 Å². The van der Waals surface area contributed by atoms with Crippen LogP contribution in [0.4, 0.5) is 0 Å². The molecule has 0 spiro atoms. The molecule has 0 fully saturated rings. The highest BCUT2D eigenvalue weighted by molar-refractivity contribution is 5.75. The van der Waals surface area contributed by atoms with E-state index in [2.05, 4.69) is 0 Å². The molecule has 20 heavy (non-hydrogen) atoms. The number of carboxylic acid groups (broad SMARTS) is 1. The van der Waals surface area contributed by atoms with Gasteiger partial charge < -0.3 is 15.6 Å². The van der Waals surface area contributed by atoms with Crippen LogP contribution in [0.2, 0.25) is 0 Å². The lowest BCUT2D eigenvalue weighted by molar-refractivity contribution is -0.138. The second kappa shape index (κ2) is 6.21. The number of ether oxygens (including phenoxy) is 1. The first-order valence-electron chi connectivity index (χ1n) is 6.33. The van der Waals surface area contributed by atoms with Crippen molar-refractivity contribution >= 4 is 5.97 Å². The van der Waals surface area contributed by atoms with Crippen molar-refractivity contribution in [2.24, 2.45) is 5.73 Å². The summed E-state index contributed by atoms with van der Waals surface area (Å²) in [6, 6.07) is 14.1. The van der Waals surface area contributed by atoms with Crippen molar-refractivity contribution in [2.45, 2.75) is 19.6 Å². The topological polar surface area (TPSA) is 72.5 Å². The van der Waals surface area contributed by atoms with Gasteiger partial charge in [-0.3, -0.25) is 4.79 Å². The number of carbonyl (C=O) groups is 1. The lowest BCUT2D eigenvalue weighted by Gasteiger charge is -2.13. The Balaban J connectivity index is 2.08. The summed E-state index contributed by atoms with van der Waals surface area (Å²) in [7, 11) is 0. The monoisotopic (exact) mass is 271 g/mol. The largest absolute Gasteiger partial charge is 0.489 e. The first kappa shape index (κ1) is 14.1. The van der Waals surface area contributed by atoms with E-state index in [1.807, 2.05) is 37.3 Å².